The highest BCUT2D eigenvalue weighted by molar-refractivity contribution is 7.11. The Bertz CT molecular complexity index is 919. The first-order valence-corrected chi connectivity index (χ1v) is 10.6. The second-order valence-corrected chi connectivity index (χ2v) is 7.94. The van der Waals surface area contributed by atoms with Crippen LogP contribution in [0.3, 0.4) is 0 Å². The van der Waals surface area contributed by atoms with E-state index in [4.69, 9.17) is 9.47 Å². The van der Waals surface area contributed by atoms with E-state index in [1.165, 1.54) is 16.2 Å². The molecule has 2 heterocycles. The first-order valence-electron chi connectivity index (χ1n) is 9.77. The SMILES string of the molecule is CCOc1ccc(NC2=C(c3cccs3)C(=O)N(CC(C)C)C2=O)cc1OCC. The normalized spacial score (nSPS) is 14.2. The van der Waals surface area contributed by atoms with Crippen molar-refractivity contribution in [3.05, 3.63) is 46.3 Å². The third-order valence-electron chi connectivity index (χ3n) is 4.30. The van der Waals surface area contributed by atoms with Crippen LogP contribution in [0.1, 0.15) is 32.6 Å². The van der Waals surface area contributed by atoms with E-state index in [2.05, 4.69) is 5.32 Å². The Hall–Kier alpha value is -2.80. The Balaban J connectivity index is 1.99. The fourth-order valence-electron chi connectivity index (χ4n) is 3.15. The fourth-order valence-corrected chi connectivity index (χ4v) is 3.91. The van der Waals surface area contributed by atoms with E-state index < -0.39 is 0 Å². The first-order chi connectivity index (χ1) is 14.0. The van der Waals surface area contributed by atoms with Gasteiger partial charge in [-0.1, -0.05) is 19.9 Å². The van der Waals surface area contributed by atoms with Gasteiger partial charge in [0.1, 0.15) is 5.70 Å². The molecule has 1 aromatic carbocycles. The number of hydrogen-bond donors (Lipinski definition) is 1. The molecule has 1 aromatic heterocycles. The first kappa shape index (κ1) is 20.9. The molecule has 0 saturated carbocycles. The molecule has 1 aliphatic rings. The van der Waals surface area contributed by atoms with E-state index in [1.54, 1.807) is 12.1 Å². The summed E-state index contributed by atoms with van der Waals surface area (Å²) in [7, 11) is 0. The van der Waals surface area contributed by atoms with Crippen LogP contribution >= 0.6 is 11.3 Å². The van der Waals surface area contributed by atoms with Gasteiger partial charge in [0, 0.05) is 23.2 Å². The van der Waals surface area contributed by atoms with Crippen LogP contribution in [0.25, 0.3) is 5.57 Å². The third kappa shape index (κ3) is 4.45. The molecule has 1 aliphatic heterocycles. The van der Waals surface area contributed by atoms with Gasteiger partial charge in [-0.05, 0) is 43.3 Å². The van der Waals surface area contributed by atoms with Gasteiger partial charge in [0.25, 0.3) is 11.8 Å². The molecule has 1 N–H and O–H groups in total. The van der Waals surface area contributed by atoms with Gasteiger partial charge in [0.05, 0.1) is 18.8 Å². The van der Waals surface area contributed by atoms with Crippen LogP contribution in [0.2, 0.25) is 0 Å². The summed E-state index contributed by atoms with van der Waals surface area (Å²) < 4.78 is 11.3. The van der Waals surface area contributed by atoms with E-state index in [-0.39, 0.29) is 17.7 Å². The predicted octanol–water partition coefficient (Wildman–Crippen LogP) is 4.39. The number of ether oxygens (including phenoxy) is 2. The molecule has 2 amide bonds. The van der Waals surface area contributed by atoms with Crippen molar-refractivity contribution in [1.29, 1.82) is 0 Å². The number of anilines is 1. The van der Waals surface area contributed by atoms with Crippen molar-refractivity contribution in [2.75, 3.05) is 25.1 Å². The second-order valence-electron chi connectivity index (χ2n) is 6.99. The second kappa shape index (κ2) is 9.13. The molecule has 0 bridgehead atoms. The molecular formula is C22H26N2O4S. The minimum atomic E-state index is -0.307. The van der Waals surface area contributed by atoms with E-state index in [9.17, 15) is 9.59 Å². The van der Waals surface area contributed by atoms with Gasteiger partial charge in [-0.2, -0.15) is 0 Å². The Morgan fingerprint density at radius 3 is 2.38 bits per heavy atom. The fraction of sp³-hybridized carbons (Fsp3) is 0.364. The Morgan fingerprint density at radius 2 is 1.76 bits per heavy atom. The molecule has 7 heteroatoms. The zero-order valence-corrected chi connectivity index (χ0v) is 18.0. The molecule has 6 nitrogen and oxygen atoms in total. The van der Waals surface area contributed by atoms with Crippen molar-refractivity contribution in [1.82, 2.24) is 4.90 Å². The standard InChI is InChI=1S/C22H26N2O4S/c1-5-27-16-10-9-15(12-17(16)28-6-2)23-20-19(18-8-7-11-29-18)21(25)24(22(20)26)13-14(3)4/h7-12,14,23H,5-6,13H2,1-4H3. The minimum Gasteiger partial charge on any atom is -0.490 e. The number of thiophene rings is 1. The summed E-state index contributed by atoms with van der Waals surface area (Å²) in [6.45, 7) is 9.17. The molecule has 0 unspecified atom stereocenters. The van der Waals surface area contributed by atoms with Crippen LogP contribution in [-0.2, 0) is 9.59 Å². The highest BCUT2D eigenvalue weighted by atomic mass is 32.1. The predicted molar refractivity (Wildman–Crippen MR) is 115 cm³/mol. The topological polar surface area (TPSA) is 67.9 Å². The number of rotatable bonds is 9. The number of hydrogen-bond acceptors (Lipinski definition) is 6. The van der Waals surface area contributed by atoms with Crippen molar-refractivity contribution in [3.63, 3.8) is 0 Å². The third-order valence-corrected chi connectivity index (χ3v) is 5.18. The van der Waals surface area contributed by atoms with Crippen molar-refractivity contribution in [2.45, 2.75) is 27.7 Å². The number of amides is 2. The molecule has 29 heavy (non-hydrogen) atoms. The van der Waals surface area contributed by atoms with Crippen molar-refractivity contribution < 1.29 is 19.1 Å². The van der Waals surface area contributed by atoms with Gasteiger partial charge in [0.2, 0.25) is 0 Å². The summed E-state index contributed by atoms with van der Waals surface area (Å²) in [5.74, 6) is 0.849. The molecule has 0 spiro atoms. The molecule has 3 rings (SSSR count). The van der Waals surface area contributed by atoms with Crippen molar-refractivity contribution in [2.24, 2.45) is 5.92 Å². The number of carbonyl (C=O) groups excluding carboxylic acids is 2. The van der Waals surface area contributed by atoms with E-state index in [0.29, 0.717) is 48.2 Å². The molecule has 2 aromatic rings. The Kier molecular flexibility index (Phi) is 6.59. The van der Waals surface area contributed by atoms with E-state index in [0.717, 1.165) is 4.88 Å². The van der Waals surface area contributed by atoms with Gasteiger partial charge in [-0.3, -0.25) is 14.5 Å². The molecule has 0 atom stereocenters. The maximum absolute atomic E-state index is 13.1. The summed E-state index contributed by atoms with van der Waals surface area (Å²) in [5, 5.41) is 5.07. The van der Waals surface area contributed by atoms with Gasteiger partial charge in [-0.15, -0.1) is 11.3 Å². The van der Waals surface area contributed by atoms with Gasteiger partial charge < -0.3 is 14.8 Å². The van der Waals surface area contributed by atoms with Crippen LogP contribution in [0.15, 0.2) is 41.4 Å². The van der Waals surface area contributed by atoms with Crippen LogP contribution < -0.4 is 14.8 Å². The summed E-state index contributed by atoms with van der Waals surface area (Å²) in [5.41, 5.74) is 1.37. The number of benzene rings is 1. The smallest absolute Gasteiger partial charge is 0.278 e. The number of nitrogens with zero attached hydrogens (tertiary/aromatic N) is 1. The average Bonchev–Trinajstić information content (AvgIpc) is 3.27. The number of carbonyl (C=O) groups is 2. The lowest BCUT2D eigenvalue weighted by Gasteiger charge is -2.17. The van der Waals surface area contributed by atoms with Gasteiger partial charge in [0.15, 0.2) is 11.5 Å². The monoisotopic (exact) mass is 414 g/mol. The van der Waals surface area contributed by atoms with Crippen LogP contribution in [0, 0.1) is 5.92 Å². The largest absolute Gasteiger partial charge is 0.490 e. The quantitative estimate of drug-likeness (QED) is 0.616. The zero-order chi connectivity index (χ0) is 21.0. The van der Waals surface area contributed by atoms with E-state index in [1.807, 2.05) is 51.3 Å². The van der Waals surface area contributed by atoms with Crippen molar-refractivity contribution >= 4 is 34.4 Å². The Morgan fingerprint density at radius 1 is 1.03 bits per heavy atom. The lowest BCUT2D eigenvalue weighted by Crippen LogP contribution is -2.35. The van der Waals surface area contributed by atoms with Crippen LogP contribution in [-0.4, -0.2) is 36.5 Å². The molecule has 0 radical (unpaired) electrons. The van der Waals surface area contributed by atoms with Crippen LogP contribution in [0.5, 0.6) is 11.5 Å². The maximum Gasteiger partial charge on any atom is 0.278 e. The summed E-state index contributed by atoms with van der Waals surface area (Å²) in [4.78, 5) is 28.2. The average molecular weight is 415 g/mol. The van der Waals surface area contributed by atoms with E-state index >= 15 is 0 Å². The molecule has 0 fully saturated rings. The summed E-state index contributed by atoms with van der Waals surface area (Å²) >= 11 is 1.44. The van der Waals surface area contributed by atoms with Crippen molar-refractivity contribution in [3.8, 4) is 11.5 Å². The molecular weight excluding hydrogens is 388 g/mol. The number of imide groups is 1. The highest BCUT2D eigenvalue weighted by Gasteiger charge is 2.39. The molecule has 154 valence electrons. The minimum absolute atomic E-state index is 0.182. The summed E-state index contributed by atoms with van der Waals surface area (Å²) in [6, 6.07) is 9.13. The van der Waals surface area contributed by atoms with Crippen LogP contribution in [0.4, 0.5) is 5.69 Å². The van der Waals surface area contributed by atoms with Gasteiger partial charge >= 0.3 is 0 Å². The number of nitrogens with one attached hydrogen (secondary N) is 1. The zero-order valence-electron chi connectivity index (χ0n) is 17.2. The summed E-state index contributed by atoms with van der Waals surface area (Å²) in [6.07, 6.45) is 0. The molecule has 0 aliphatic carbocycles. The van der Waals surface area contributed by atoms with Gasteiger partial charge in [-0.25, -0.2) is 0 Å². The lowest BCUT2D eigenvalue weighted by molar-refractivity contribution is -0.137. The Labute approximate surface area is 175 Å². The highest BCUT2D eigenvalue weighted by Crippen LogP contribution is 2.35. The maximum atomic E-state index is 13.1. The lowest BCUT2D eigenvalue weighted by atomic mass is 10.1. The molecule has 0 saturated heterocycles.